The van der Waals surface area contributed by atoms with Crippen molar-refractivity contribution in [2.45, 2.75) is 18.7 Å². The van der Waals surface area contributed by atoms with E-state index in [0.717, 1.165) is 10.0 Å². The second-order valence-electron chi connectivity index (χ2n) is 3.45. The minimum Gasteiger partial charge on any atom is -0.423 e. The van der Waals surface area contributed by atoms with Crippen molar-refractivity contribution in [3.05, 3.63) is 46.1 Å². The van der Waals surface area contributed by atoms with Gasteiger partial charge >= 0.3 is 0 Å². The molecule has 0 bridgehead atoms. The second kappa shape index (κ2) is 4.97. The number of hydrogen-bond acceptors (Lipinski definition) is 3. The van der Waals surface area contributed by atoms with E-state index in [9.17, 15) is 0 Å². The van der Waals surface area contributed by atoms with Crippen molar-refractivity contribution in [2.24, 2.45) is 0 Å². The number of benzene rings is 1. The van der Waals surface area contributed by atoms with Gasteiger partial charge in [0.1, 0.15) is 5.38 Å². The van der Waals surface area contributed by atoms with E-state index < -0.39 is 0 Å². The molecule has 0 aliphatic rings. The molecule has 16 heavy (non-hydrogen) atoms. The van der Waals surface area contributed by atoms with Crippen LogP contribution in [0.2, 0.25) is 0 Å². The summed E-state index contributed by atoms with van der Waals surface area (Å²) in [4.78, 5) is 0. The van der Waals surface area contributed by atoms with Crippen molar-refractivity contribution in [3.63, 3.8) is 0 Å². The molecule has 2 rings (SSSR count). The molecule has 1 aromatic carbocycles. The summed E-state index contributed by atoms with van der Waals surface area (Å²) in [6.45, 7) is 1.80. The Hall–Kier alpha value is -0.870. The maximum absolute atomic E-state index is 5.84. The number of nitrogens with zero attached hydrogens (tertiary/aromatic N) is 2. The Balaban J connectivity index is 2.11. The van der Waals surface area contributed by atoms with Gasteiger partial charge in [0, 0.05) is 4.47 Å². The van der Waals surface area contributed by atoms with Gasteiger partial charge in [-0.05, 0) is 24.6 Å². The first kappa shape index (κ1) is 11.6. The molecule has 0 aliphatic carbocycles. The number of aromatic nitrogens is 2. The van der Waals surface area contributed by atoms with Gasteiger partial charge in [-0.3, -0.25) is 0 Å². The summed E-state index contributed by atoms with van der Waals surface area (Å²) in [5.74, 6) is 1.05. The zero-order valence-electron chi connectivity index (χ0n) is 8.65. The Morgan fingerprint density at radius 3 is 2.56 bits per heavy atom. The van der Waals surface area contributed by atoms with Crippen LogP contribution in [0, 0.1) is 0 Å². The third-order valence-corrected chi connectivity index (χ3v) is 2.81. The van der Waals surface area contributed by atoms with Crippen LogP contribution in [0.1, 0.15) is 29.6 Å². The van der Waals surface area contributed by atoms with Gasteiger partial charge in [-0.1, -0.05) is 28.1 Å². The number of halogens is 2. The largest absolute Gasteiger partial charge is 0.423 e. The van der Waals surface area contributed by atoms with Crippen LogP contribution in [0.4, 0.5) is 0 Å². The number of alkyl halides is 1. The highest BCUT2D eigenvalue weighted by Gasteiger charge is 2.11. The lowest BCUT2D eigenvalue weighted by molar-refractivity contribution is 0.458. The molecule has 1 aromatic heterocycles. The van der Waals surface area contributed by atoms with Crippen LogP contribution in [0.25, 0.3) is 0 Å². The molecule has 0 saturated carbocycles. The van der Waals surface area contributed by atoms with E-state index in [2.05, 4.69) is 26.1 Å². The van der Waals surface area contributed by atoms with Crippen LogP contribution in [0.5, 0.6) is 0 Å². The highest BCUT2D eigenvalue weighted by molar-refractivity contribution is 9.10. The molecule has 1 heterocycles. The quantitative estimate of drug-likeness (QED) is 0.811. The normalized spacial score (nSPS) is 12.7. The molecule has 0 fully saturated rings. The zero-order valence-corrected chi connectivity index (χ0v) is 11.0. The first-order valence-electron chi connectivity index (χ1n) is 4.86. The summed E-state index contributed by atoms with van der Waals surface area (Å²) >= 11 is 9.22. The first-order valence-corrected chi connectivity index (χ1v) is 6.09. The zero-order chi connectivity index (χ0) is 11.5. The van der Waals surface area contributed by atoms with E-state index in [1.165, 1.54) is 0 Å². The predicted molar refractivity (Wildman–Crippen MR) is 65.5 cm³/mol. The molecule has 1 atom stereocenters. The van der Waals surface area contributed by atoms with Gasteiger partial charge < -0.3 is 4.42 Å². The summed E-state index contributed by atoms with van der Waals surface area (Å²) in [6, 6.07) is 7.99. The van der Waals surface area contributed by atoms with Gasteiger partial charge in [-0.2, -0.15) is 0 Å². The van der Waals surface area contributed by atoms with Gasteiger partial charge in [0.05, 0.1) is 6.42 Å². The van der Waals surface area contributed by atoms with Crippen molar-refractivity contribution in [1.29, 1.82) is 0 Å². The van der Waals surface area contributed by atoms with Crippen LogP contribution in [0.3, 0.4) is 0 Å². The van der Waals surface area contributed by atoms with E-state index in [4.69, 9.17) is 16.0 Å². The van der Waals surface area contributed by atoms with Crippen molar-refractivity contribution >= 4 is 27.5 Å². The summed E-state index contributed by atoms with van der Waals surface area (Å²) in [7, 11) is 0. The molecule has 0 radical (unpaired) electrons. The molecule has 0 amide bonds. The minimum atomic E-state index is -0.244. The Bertz CT molecular complexity index is 467. The molecule has 0 saturated heterocycles. The minimum absolute atomic E-state index is 0.244. The Morgan fingerprint density at radius 2 is 2.00 bits per heavy atom. The van der Waals surface area contributed by atoms with E-state index in [1.807, 2.05) is 24.3 Å². The third-order valence-electron chi connectivity index (χ3n) is 2.09. The average molecular weight is 302 g/mol. The molecular formula is C11H10BrClN2O. The average Bonchev–Trinajstić information content (AvgIpc) is 2.70. The fourth-order valence-corrected chi connectivity index (χ4v) is 1.63. The van der Waals surface area contributed by atoms with E-state index in [-0.39, 0.29) is 5.38 Å². The molecule has 84 valence electrons. The summed E-state index contributed by atoms with van der Waals surface area (Å²) < 4.78 is 6.47. The van der Waals surface area contributed by atoms with Gasteiger partial charge in [-0.25, -0.2) is 0 Å². The second-order valence-corrected chi connectivity index (χ2v) is 5.02. The van der Waals surface area contributed by atoms with Crippen LogP contribution in [-0.4, -0.2) is 10.2 Å². The monoisotopic (exact) mass is 300 g/mol. The van der Waals surface area contributed by atoms with Crippen LogP contribution < -0.4 is 0 Å². The highest BCUT2D eigenvalue weighted by atomic mass is 79.9. The van der Waals surface area contributed by atoms with E-state index >= 15 is 0 Å². The van der Waals surface area contributed by atoms with Crippen molar-refractivity contribution < 1.29 is 4.42 Å². The molecule has 2 aromatic rings. The predicted octanol–water partition coefficient (Wildman–Crippen LogP) is 3.72. The topological polar surface area (TPSA) is 38.9 Å². The maximum atomic E-state index is 5.84. The first-order chi connectivity index (χ1) is 7.65. The number of hydrogen-bond donors (Lipinski definition) is 0. The molecule has 0 aliphatic heterocycles. The van der Waals surface area contributed by atoms with Crippen molar-refractivity contribution in [2.75, 3.05) is 0 Å². The van der Waals surface area contributed by atoms with Crippen LogP contribution in [0.15, 0.2) is 33.2 Å². The molecule has 5 heteroatoms. The third kappa shape index (κ3) is 2.83. The van der Waals surface area contributed by atoms with Crippen LogP contribution in [-0.2, 0) is 6.42 Å². The Morgan fingerprint density at radius 1 is 1.31 bits per heavy atom. The van der Waals surface area contributed by atoms with Crippen molar-refractivity contribution in [1.82, 2.24) is 10.2 Å². The van der Waals surface area contributed by atoms with Crippen LogP contribution >= 0.6 is 27.5 Å². The Kier molecular flexibility index (Phi) is 3.61. The summed E-state index contributed by atoms with van der Waals surface area (Å²) in [5.41, 5.74) is 1.13. The lowest BCUT2D eigenvalue weighted by Crippen LogP contribution is -1.87. The molecule has 3 nitrogen and oxygen atoms in total. The number of rotatable bonds is 3. The van der Waals surface area contributed by atoms with Gasteiger partial charge in [0.2, 0.25) is 11.8 Å². The van der Waals surface area contributed by atoms with E-state index in [0.29, 0.717) is 18.2 Å². The fraction of sp³-hybridized carbons (Fsp3) is 0.273. The van der Waals surface area contributed by atoms with E-state index in [1.54, 1.807) is 6.92 Å². The highest BCUT2D eigenvalue weighted by Crippen LogP contribution is 2.19. The van der Waals surface area contributed by atoms with Gasteiger partial charge in [-0.15, -0.1) is 21.8 Å². The lowest BCUT2D eigenvalue weighted by atomic mass is 10.1. The summed E-state index contributed by atoms with van der Waals surface area (Å²) in [5, 5.41) is 7.57. The SMILES string of the molecule is CC(Cl)c1nnc(Cc2ccc(Br)cc2)o1. The molecular weight excluding hydrogens is 291 g/mol. The fourth-order valence-electron chi connectivity index (χ4n) is 1.28. The smallest absolute Gasteiger partial charge is 0.234 e. The van der Waals surface area contributed by atoms with Gasteiger partial charge in [0.15, 0.2) is 0 Å². The molecule has 0 spiro atoms. The standard InChI is InChI=1S/C11H10BrClN2O/c1-7(13)11-15-14-10(16-11)6-8-2-4-9(12)5-3-8/h2-5,7H,6H2,1H3. The maximum Gasteiger partial charge on any atom is 0.234 e. The molecule has 1 unspecified atom stereocenters. The Labute approximate surface area is 107 Å². The van der Waals surface area contributed by atoms with Gasteiger partial charge in [0.25, 0.3) is 0 Å². The molecule has 0 N–H and O–H groups in total. The summed E-state index contributed by atoms with van der Waals surface area (Å²) in [6.07, 6.45) is 0.629. The lowest BCUT2D eigenvalue weighted by Gasteiger charge is -1.97. The van der Waals surface area contributed by atoms with Crippen molar-refractivity contribution in [3.8, 4) is 0 Å².